The Hall–Kier alpha value is -5.23. The number of aryl methyl sites for hydroxylation is 1. The van der Waals surface area contributed by atoms with Crippen LogP contribution in [-0.2, 0) is 29.7 Å². The van der Waals surface area contributed by atoms with Crippen molar-refractivity contribution in [1.29, 1.82) is 0 Å². The lowest BCUT2D eigenvalue weighted by Gasteiger charge is -2.55. The second kappa shape index (κ2) is 12.7. The summed E-state index contributed by atoms with van der Waals surface area (Å²) in [7, 11) is 5.17. The van der Waals surface area contributed by atoms with E-state index >= 15 is 0 Å². The van der Waals surface area contributed by atoms with Gasteiger partial charge in [-0.15, -0.1) is 0 Å². The van der Waals surface area contributed by atoms with E-state index in [-0.39, 0.29) is 35.1 Å². The fourth-order valence-corrected chi connectivity index (χ4v) is 8.92. The summed E-state index contributed by atoms with van der Waals surface area (Å²) in [6.45, 7) is 4.88. The van der Waals surface area contributed by atoms with Crippen LogP contribution in [0.1, 0.15) is 71.6 Å². The zero-order valence-corrected chi connectivity index (χ0v) is 30.4. The van der Waals surface area contributed by atoms with E-state index in [9.17, 15) is 19.2 Å². The SMILES string of the molecule is COc1cc(-c2cn(C)c(=O)c3cnc(C4CC4)cc23)cc(OC)c1CN1CCC2(CC1)CN(c1ccc3c(c1)C(=O)N(C1CCC(=O)NC1=O)C3)C2. The smallest absolute Gasteiger partial charge is 0.259 e. The van der Waals surface area contributed by atoms with E-state index in [0.29, 0.717) is 36.4 Å². The molecule has 3 saturated heterocycles. The van der Waals surface area contributed by atoms with Crippen molar-refractivity contribution in [1.82, 2.24) is 24.7 Å². The lowest BCUT2D eigenvalue weighted by molar-refractivity contribution is -0.136. The van der Waals surface area contributed by atoms with Gasteiger partial charge in [0.05, 0.1) is 25.2 Å². The molecule has 4 aliphatic heterocycles. The number of methoxy groups -OCH3 is 2. The Kier molecular flexibility index (Phi) is 8.06. The number of anilines is 1. The zero-order chi connectivity index (χ0) is 36.6. The molecule has 12 heteroatoms. The van der Waals surface area contributed by atoms with Crippen molar-refractivity contribution in [3.05, 3.63) is 81.5 Å². The summed E-state index contributed by atoms with van der Waals surface area (Å²) in [5.41, 5.74) is 6.71. The second-order valence-electron chi connectivity index (χ2n) is 15.6. The first kappa shape index (κ1) is 33.6. The predicted octanol–water partition coefficient (Wildman–Crippen LogP) is 4.36. The number of likely N-dealkylation sites (tertiary alicyclic amines) is 1. The summed E-state index contributed by atoms with van der Waals surface area (Å²) < 4.78 is 13.6. The highest BCUT2D eigenvalue weighted by Crippen LogP contribution is 2.45. The molecule has 1 aliphatic carbocycles. The van der Waals surface area contributed by atoms with Crippen LogP contribution in [0.25, 0.3) is 21.9 Å². The van der Waals surface area contributed by atoms with Crippen LogP contribution < -0.4 is 25.2 Å². The molecule has 4 fully saturated rings. The Morgan fingerprint density at radius 1 is 0.906 bits per heavy atom. The molecule has 1 N–H and O–H groups in total. The highest BCUT2D eigenvalue weighted by Gasteiger charge is 2.46. The molecule has 0 radical (unpaired) electrons. The Morgan fingerprint density at radius 3 is 2.32 bits per heavy atom. The lowest BCUT2D eigenvalue weighted by Crippen LogP contribution is -2.60. The number of hydrogen-bond donors (Lipinski definition) is 1. The van der Waals surface area contributed by atoms with Crippen molar-refractivity contribution in [2.45, 2.75) is 63.6 Å². The van der Waals surface area contributed by atoms with Gasteiger partial charge in [-0.2, -0.15) is 0 Å². The summed E-state index contributed by atoms with van der Waals surface area (Å²) >= 11 is 0. The molecular formula is C41H44N6O6. The minimum absolute atomic E-state index is 0.0626. The number of carbonyl (C=O) groups is 3. The summed E-state index contributed by atoms with van der Waals surface area (Å²) in [5.74, 6) is 1.19. The molecule has 2 aromatic heterocycles. The van der Waals surface area contributed by atoms with Gasteiger partial charge in [0.15, 0.2) is 0 Å². The van der Waals surface area contributed by atoms with Gasteiger partial charge < -0.3 is 23.8 Å². The van der Waals surface area contributed by atoms with Crippen LogP contribution >= 0.6 is 0 Å². The number of piperidine rings is 2. The minimum atomic E-state index is -0.606. The van der Waals surface area contributed by atoms with Gasteiger partial charge in [-0.1, -0.05) is 6.07 Å². The number of ether oxygens (including phenoxy) is 2. The maximum Gasteiger partial charge on any atom is 0.259 e. The molecule has 5 aliphatic rings. The maximum atomic E-state index is 13.4. The van der Waals surface area contributed by atoms with Gasteiger partial charge in [0.2, 0.25) is 11.8 Å². The monoisotopic (exact) mass is 716 g/mol. The Balaban J connectivity index is 0.876. The molecule has 1 saturated carbocycles. The molecule has 2 aromatic carbocycles. The fourth-order valence-electron chi connectivity index (χ4n) is 8.92. The van der Waals surface area contributed by atoms with Crippen LogP contribution in [0, 0.1) is 5.41 Å². The summed E-state index contributed by atoms with van der Waals surface area (Å²) in [5, 5.41) is 3.88. The van der Waals surface area contributed by atoms with Gasteiger partial charge >= 0.3 is 0 Å². The fraction of sp³-hybridized carbons (Fsp3) is 0.439. The number of fused-ring (bicyclic) bond motifs is 2. The molecule has 1 spiro atoms. The van der Waals surface area contributed by atoms with Crippen LogP contribution in [0.4, 0.5) is 5.69 Å². The van der Waals surface area contributed by atoms with E-state index in [2.05, 4.69) is 44.4 Å². The third-order valence-corrected chi connectivity index (χ3v) is 12.2. The molecule has 274 valence electrons. The van der Waals surface area contributed by atoms with E-state index < -0.39 is 6.04 Å². The van der Waals surface area contributed by atoms with Gasteiger partial charge in [0.1, 0.15) is 17.5 Å². The van der Waals surface area contributed by atoms with Gasteiger partial charge in [0.25, 0.3) is 11.5 Å². The van der Waals surface area contributed by atoms with Crippen molar-refractivity contribution in [2.75, 3.05) is 45.3 Å². The molecule has 4 aromatic rings. The van der Waals surface area contributed by atoms with Crippen LogP contribution in [0.5, 0.6) is 11.5 Å². The largest absolute Gasteiger partial charge is 0.496 e. The number of carbonyl (C=O) groups excluding carboxylic acids is 3. The molecular weight excluding hydrogens is 672 g/mol. The Morgan fingerprint density at radius 2 is 1.64 bits per heavy atom. The summed E-state index contributed by atoms with van der Waals surface area (Å²) in [6.07, 6.45) is 8.65. The standard InChI is InChI=1S/C41H44N6O6/c1-44-20-31(29-17-33(24-4-5-24)42-18-30(29)39(44)50)26-14-35(52-2)32(36(15-26)53-3)21-45-12-10-41(11-13-45)22-46(23-41)27-7-6-25-19-47(40(51)28(25)16-27)34-8-9-37(48)43-38(34)49/h6-7,14-18,20,24,34H,4-5,8-13,19,21-23H2,1-3H3,(H,43,48,49). The van der Waals surface area contributed by atoms with Gasteiger partial charge in [-0.25, -0.2) is 0 Å². The normalized spacial score (nSPS) is 21.2. The molecule has 9 rings (SSSR count). The van der Waals surface area contributed by atoms with E-state index in [1.807, 2.05) is 18.3 Å². The highest BCUT2D eigenvalue weighted by molar-refractivity contribution is 6.05. The number of benzene rings is 2. The Bertz CT molecular complexity index is 2220. The lowest BCUT2D eigenvalue weighted by atomic mass is 9.71. The van der Waals surface area contributed by atoms with Crippen molar-refractivity contribution in [3.63, 3.8) is 0 Å². The number of nitrogens with zero attached hydrogens (tertiary/aromatic N) is 5. The number of rotatable bonds is 8. The number of amides is 3. The first-order chi connectivity index (χ1) is 25.6. The quantitative estimate of drug-likeness (QED) is 0.265. The van der Waals surface area contributed by atoms with Crippen LogP contribution in [0.3, 0.4) is 0 Å². The molecule has 3 amide bonds. The topological polar surface area (TPSA) is 126 Å². The third-order valence-electron chi connectivity index (χ3n) is 12.2. The van der Waals surface area contributed by atoms with Crippen LogP contribution in [-0.4, -0.2) is 83.5 Å². The first-order valence-corrected chi connectivity index (χ1v) is 18.6. The summed E-state index contributed by atoms with van der Waals surface area (Å²) in [6, 6.07) is 11.7. The van der Waals surface area contributed by atoms with Gasteiger partial charge in [-0.3, -0.25) is 34.4 Å². The number of hydrogen-bond acceptors (Lipinski definition) is 9. The van der Waals surface area contributed by atoms with Crippen molar-refractivity contribution in [2.24, 2.45) is 12.5 Å². The minimum Gasteiger partial charge on any atom is -0.496 e. The zero-order valence-electron chi connectivity index (χ0n) is 30.4. The first-order valence-electron chi connectivity index (χ1n) is 18.6. The van der Waals surface area contributed by atoms with E-state index in [0.717, 1.165) is 102 Å². The second-order valence-corrected chi connectivity index (χ2v) is 15.6. The molecule has 0 bridgehead atoms. The third kappa shape index (κ3) is 5.83. The predicted molar refractivity (Wildman–Crippen MR) is 199 cm³/mol. The number of imide groups is 1. The number of pyridine rings is 2. The van der Waals surface area contributed by atoms with Crippen LogP contribution in [0.15, 0.2) is 53.6 Å². The van der Waals surface area contributed by atoms with Crippen LogP contribution in [0.2, 0.25) is 0 Å². The van der Waals surface area contributed by atoms with Crippen molar-refractivity contribution < 1.29 is 23.9 Å². The van der Waals surface area contributed by atoms with E-state index in [1.54, 1.807) is 36.9 Å². The molecule has 12 nitrogen and oxygen atoms in total. The molecule has 1 atom stereocenters. The van der Waals surface area contributed by atoms with E-state index in [1.165, 1.54) is 0 Å². The average Bonchev–Trinajstić information content (AvgIpc) is 3.96. The number of nitrogens with one attached hydrogen (secondary N) is 1. The molecule has 53 heavy (non-hydrogen) atoms. The average molecular weight is 717 g/mol. The highest BCUT2D eigenvalue weighted by atomic mass is 16.5. The summed E-state index contributed by atoms with van der Waals surface area (Å²) in [4.78, 5) is 61.6. The number of aromatic nitrogens is 2. The molecule has 6 heterocycles. The molecule has 1 unspecified atom stereocenters. The maximum absolute atomic E-state index is 13.4. The van der Waals surface area contributed by atoms with E-state index in [4.69, 9.17) is 9.47 Å². The van der Waals surface area contributed by atoms with Gasteiger partial charge in [0, 0.05) is 85.9 Å². The van der Waals surface area contributed by atoms with Crippen molar-refractivity contribution in [3.8, 4) is 22.6 Å². The van der Waals surface area contributed by atoms with Gasteiger partial charge in [-0.05, 0) is 92.0 Å². The Labute approximate surface area is 307 Å². The van der Waals surface area contributed by atoms with Crippen molar-refractivity contribution >= 4 is 34.2 Å².